The van der Waals surface area contributed by atoms with Crippen LogP contribution >= 0.6 is 0 Å². The summed E-state index contributed by atoms with van der Waals surface area (Å²) in [5.41, 5.74) is 0. The van der Waals surface area contributed by atoms with Crippen molar-refractivity contribution >= 4 is 35.6 Å². The number of rotatable bonds is 14. The van der Waals surface area contributed by atoms with Gasteiger partial charge in [-0.15, -0.1) is 0 Å². The van der Waals surface area contributed by atoms with Gasteiger partial charge in [-0.05, 0) is 12.8 Å². The Kier molecular flexibility index (Phi) is 12.8. The van der Waals surface area contributed by atoms with Gasteiger partial charge in [0, 0.05) is 66.4 Å². The third-order valence-electron chi connectivity index (χ3n) is 5.75. The number of hydrogen-bond acceptors (Lipinski definition) is 11. The van der Waals surface area contributed by atoms with Crippen LogP contribution in [0.5, 0.6) is 0 Å². The maximum absolute atomic E-state index is 12.1. The normalized spacial score (nSPS) is 24.2. The first-order chi connectivity index (χ1) is 18.5. The topological polar surface area (TPSA) is 176 Å². The van der Waals surface area contributed by atoms with Crippen molar-refractivity contribution in [1.29, 1.82) is 0 Å². The lowest BCUT2D eigenvalue weighted by Crippen LogP contribution is -2.66. The van der Waals surface area contributed by atoms with Gasteiger partial charge in [0.2, 0.25) is 17.7 Å². The van der Waals surface area contributed by atoms with Gasteiger partial charge in [0.05, 0.1) is 0 Å². The van der Waals surface area contributed by atoms with Crippen molar-refractivity contribution in [3.8, 4) is 0 Å². The van der Waals surface area contributed by atoms with Crippen LogP contribution in [0.3, 0.4) is 0 Å². The average molecular weight is 556 g/mol. The maximum atomic E-state index is 12.1. The number of carbonyl (C=O) groups excluding carboxylic acids is 6. The highest BCUT2D eigenvalue weighted by Gasteiger charge is 2.51. The molecule has 2 N–H and O–H groups in total. The van der Waals surface area contributed by atoms with Crippen LogP contribution in [-0.4, -0.2) is 104 Å². The smallest absolute Gasteiger partial charge is 0.303 e. The molecule has 3 amide bonds. The Morgan fingerprint density at radius 3 is 2.28 bits per heavy atom. The Morgan fingerprint density at radius 2 is 1.69 bits per heavy atom. The summed E-state index contributed by atoms with van der Waals surface area (Å²) in [6.45, 7) is 5.87. The highest BCUT2D eigenvalue weighted by molar-refractivity contribution is 5.90. The highest BCUT2D eigenvalue weighted by atomic mass is 16.7. The van der Waals surface area contributed by atoms with Crippen molar-refractivity contribution in [2.24, 2.45) is 0 Å². The monoisotopic (exact) mass is 555 g/mol. The first-order valence-corrected chi connectivity index (χ1v) is 12.7. The summed E-state index contributed by atoms with van der Waals surface area (Å²) in [7, 11) is 0. The molecule has 1 fully saturated rings. The number of nitrogens with one attached hydrogen (secondary N) is 2. The second kappa shape index (κ2) is 15.8. The van der Waals surface area contributed by atoms with Gasteiger partial charge in [-0.3, -0.25) is 28.8 Å². The van der Waals surface area contributed by atoms with Crippen molar-refractivity contribution in [1.82, 2.24) is 15.5 Å². The Morgan fingerprint density at radius 1 is 1.00 bits per heavy atom. The predicted molar refractivity (Wildman–Crippen MR) is 133 cm³/mol. The number of hydrogen-bond donors (Lipinski definition) is 2. The molecule has 0 unspecified atom stereocenters. The Labute approximate surface area is 226 Å². The fourth-order valence-corrected chi connectivity index (χ4v) is 4.12. The Hall–Kier alpha value is -3.52. The number of esters is 3. The van der Waals surface area contributed by atoms with E-state index in [1.807, 2.05) is 0 Å². The van der Waals surface area contributed by atoms with E-state index in [1.54, 1.807) is 11.0 Å². The molecule has 1 saturated heterocycles. The number of nitrogens with zero attached hydrogens (tertiary/aromatic N) is 1. The molecule has 14 heteroatoms. The van der Waals surface area contributed by atoms with E-state index in [0.717, 1.165) is 13.8 Å². The number of amides is 3. The van der Waals surface area contributed by atoms with Crippen molar-refractivity contribution < 1.29 is 52.5 Å². The molecule has 5 atom stereocenters. The average Bonchev–Trinajstić information content (AvgIpc) is 3.24. The molecule has 218 valence electrons. The van der Waals surface area contributed by atoms with Crippen LogP contribution in [-0.2, 0) is 52.5 Å². The molecule has 0 aromatic rings. The summed E-state index contributed by atoms with van der Waals surface area (Å²) in [6.07, 6.45) is -0.168. The third-order valence-corrected chi connectivity index (χ3v) is 5.75. The highest BCUT2D eigenvalue weighted by Crippen LogP contribution is 2.28. The third kappa shape index (κ3) is 11.0. The van der Waals surface area contributed by atoms with Crippen molar-refractivity contribution in [2.75, 3.05) is 32.8 Å². The molecule has 2 aliphatic rings. The van der Waals surface area contributed by atoms with Crippen molar-refractivity contribution in [3.63, 3.8) is 0 Å². The number of unbranched alkanes of at least 4 members (excludes halogenated alkanes) is 1. The summed E-state index contributed by atoms with van der Waals surface area (Å²) in [5.74, 6) is -2.72. The van der Waals surface area contributed by atoms with Gasteiger partial charge >= 0.3 is 17.9 Å². The zero-order valence-electron chi connectivity index (χ0n) is 22.6. The van der Waals surface area contributed by atoms with Gasteiger partial charge in [-0.1, -0.05) is 6.08 Å². The quantitative estimate of drug-likeness (QED) is 0.158. The van der Waals surface area contributed by atoms with Crippen LogP contribution in [0.4, 0.5) is 0 Å². The van der Waals surface area contributed by atoms with Gasteiger partial charge in [0.25, 0.3) is 0 Å². The zero-order valence-corrected chi connectivity index (χ0v) is 22.6. The van der Waals surface area contributed by atoms with E-state index in [1.165, 1.54) is 19.9 Å². The van der Waals surface area contributed by atoms with Crippen LogP contribution in [0, 0.1) is 0 Å². The summed E-state index contributed by atoms with van der Waals surface area (Å²) < 4.78 is 27.6. The standard InChI is InChI=1S/C25H37N3O11/c1-15(29)27-22-24(38-18(4)32)23(37-17(3)31)19(14-36-16(2)30)39-25(22)35-13-6-5-8-20(33)26-10-12-28-11-7-9-21(28)34/h7,9,19,22-25H,5-6,8,10-14H2,1-4H3,(H,26,33)(H,27,29)/t19-,22-,23+,24-,25-/m1/s1. The van der Waals surface area contributed by atoms with Crippen LogP contribution in [0.1, 0.15) is 47.0 Å². The van der Waals surface area contributed by atoms with E-state index in [-0.39, 0.29) is 31.4 Å². The lowest BCUT2D eigenvalue weighted by Gasteiger charge is -2.44. The molecule has 0 bridgehead atoms. The summed E-state index contributed by atoms with van der Waals surface area (Å²) >= 11 is 0. The van der Waals surface area contributed by atoms with Crippen LogP contribution in [0.2, 0.25) is 0 Å². The molecule has 0 saturated carbocycles. The first kappa shape index (κ1) is 31.7. The Bertz CT molecular complexity index is 938. The molecular weight excluding hydrogens is 518 g/mol. The molecule has 0 aromatic heterocycles. The first-order valence-electron chi connectivity index (χ1n) is 12.7. The number of carbonyl (C=O) groups is 6. The minimum atomic E-state index is -1.20. The zero-order chi connectivity index (χ0) is 28.9. The van der Waals surface area contributed by atoms with E-state index in [4.69, 9.17) is 23.7 Å². The van der Waals surface area contributed by atoms with Gasteiger partial charge in [0.1, 0.15) is 18.8 Å². The molecule has 0 spiro atoms. The second-order valence-electron chi connectivity index (χ2n) is 9.08. The fourth-order valence-electron chi connectivity index (χ4n) is 4.12. The molecule has 39 heavy (non-hydrogen) atoms. The van der Waals surface area contributed by atoms with E-state index in [2.05, 4.69) is 10.6 Å². The van der Waals surface area contributed by atoms with E-state index < -0.39 is 54.5 Å². The summed E-state index contributed by atoms with van der Waals surface area (Å²) in [5, 5.41) is 5.39. The molecule has 14 nitrogen and oxygen atoms in total. The van der Waals surface area contributed by atoms with Crippen LogP contribution in [0.25, 0.3) is 0 Å². The van der Waals surface area contributed by atoms with E-state index >= 15 is 0 Å². The minimum absolute atomic E-state index is 0.0749. The van der Waals surface area contributed by atoms with Gasteiger partial charge in [-0.25, -0.2) is 0 Å². The molecule has 0 radical (unpaired) electrons. The predicted octanol–water partition coefficient (Wildman–Crippen LogP) is -0.656. The largest absolute Gasteiger partial charge is 0.463 e. The maximum Gasteiger partial charge on any atom is 0.303 e. The lowest BCUT2D eigenvalue weighted by atomic mass is 9.96. The van der Waals surface area contributed by atoms with Crippen molar-refractivity contribution in [3.05, 3.63) is 12.2 Å². The summed E-state index contributed by atoms with van der Waals surface area (Å²) in [6, 6.07) is -1.05. The van der Waals surface area contributed by atoms with Crippen LogP contribution < -0.4 is 10.6 Å². The molecular formula is C25H37N3O11. The van der Waals surface area contributed by atoms with Gasteiger partial charge in [0.15, 0.2) is 18.5 Å². The Balaban J connectivity index is 1.95. The minimum Gasteiger partial charge on any atom is -0.463 e. The van der Waals surface area contributed by atoms with Crippen molar-refractivity contribution in [2.45, 2.75) is 77.6 Å². The van der Waals surface area contributed by atoms with E-state index in [0.29, 0.717) is 32.5 Å². The van der Waals surface area contributed by atoms with E-state index in [9.17, 15) is 28.8 Å². The second-order valence-corrected chi connectivity index (χ2v) is 9.08. The van der Waals surface area contributed by atoms with Gasteiger partial charge in [-0.2, -0.15) is 0 Å². The van der Waals surface area contributed by atoms with Crippen LogP contribution in [0.15, 0.2) is 12.2 Å². The number of ether oxygens (including phenoxy) is 5. The molecule has 2 rings (SSSR count). The van der Waals surface area contributed by atoms with Gasteiger partial charge < -0.3 is 39.2 Å². The molecule has 0 aliphatic carbocycles. The molecule has 2 heterocycles. The fraction of sp³-hybridized carbons (Fsp3) is 0.680. The molecule has 2 aliphatic heterocycles. The summed E-state index contributed by atoms with van der Waals surface area (Å²) in [4.78, 5) is 72.3. The lowest BCUT2D eigenvalue weighted by molar-refractivity contribution is -0.277. The SMILES string of the molecule is CC(=O)N[C@H]1[C@H](OCCCCC(=O)NCCN2CC=CC2=O)O[C@H](COC(C)=O)[C@H](OC(C)=O)[C@@H]1OC(C)=O. The molecule has 0 aromatic carbocycles.